The molecule has 0 radical (unpaired) electrons. The lowest BCUT2D eigenvalue weighted by molar-refractivity contribution is -0.334. The molecule has 0 spiro atoms. The Labute approximate surface area is 445 Å². The molecular formula is C53H78O24. The average molecular weight is 1100 g/mol. The quantitative estimate of drug-likeness (QED) is 0.109. The number of hydrogen-bond acceptors (Lipinski definition) is 24. The predicted molar refractivity (Wildman–Crippen MR) is 263 cm³/mol. The van der Waals surface area contributed by atoms with Gasteiger partial charge in [-0.3, -0.25) is 9.59 Å². The van der Waals surface area contributed by atoms with Crippen LogP contribution in [-0.2, 0) is 63.3 Å². The van der Waals surface area contributed by atoms with Crippen molar-refractivity contribution < 1.29 is 117 Å². The summed E-state index contributed by atoms with van der Waals surface area (Å²) in [5, 5.41) is 111. The Bertz CT molecular complexity index is 2370. The Balaban J connectivity index is 1.04. The Kier molecular flexibility index (Phi) is 18.7. The highest BCUT2D eigenvalue weighted by molar-refractivity contribution is 6.11. The summed E-state index contributed by atoms with van der Waals surface area (Å²) in [6.45, 7) is 12.3. The standard InChI is InChI=1S/C53H78O24/c1-19-30(73-35-15-31(43(58)21(3)68-35)74-34-14-29(55)49(66-9)24(6)71-34)13-27-11-26-12-28(50(67-10)48(63)42(57)20(2)54)51(47(62)40(26)46(61)39(27)41(19)56)77-37-17-32(44(59)23(5)70-37)75-36-16-33(45(60)22(4)69-36)76-38-18-53(8,65)52(64)25(7)72-38/h11,13,20-25,28-29,31-38,42-45,49-52,54-61,64-65H,12,14-18H2,1-10H3/t20-,21-,22-,23-,24+,25+,28+,29-,31-,32-,33-,34-,35+,36+,37+,38+,42-,43+,44-,45+,49-,50+,51+,52+,53+/m1/s1. The second kappa shape index (κ2) is 24.0. The van der Waals surface area contributed by atoms with Crippen molar-refractivity contribution >= 4 is 22.3 Å². The molecular weight excluding hydrogens is 1020 g/mol. The van der Waals surface area contributed by atoms with Gasteiger partial charge in [0.15, 0.2) is 36.7 Å². The fraction of sp³-hybridized carbons (Fsp3) is 0.774. The second-order valence-electron chi connectivity index (χ2n) is 21.9. The van der Waals surface area contributed by atoms with Gasteiger partial charge in [0.1, 0.15) is 66.1 Å². The lowest BCUT2D eigenvalue weighted by Crippen LogP contribution is -2.58. The number of carbonyl (C=O) groups is 2. The van der Waals surface area contributed by atoms with Crippen LogP contribution in [0.2, 0.25) is 0 Å². The Morgan fingerprint density at radius 2 is 1.21 bits per heavy atom. The Morgan fingerprint density at radius 1 is 0.701 bits per heavy atom. The zero-order valence-corrected chi connectivity index (χ0v) is 44.9. The van der Waals surface area contributed by atoms with E-state index in [-0.39, 0.29) is 71.7 Å². The van der Waals surface area contributed by atoms with Gasteiger partial charge < -0.3 is 108 Å². The molecule has 5 aliphatic heterocycles. The minimum Gasteiger partial charge on any atom is -0.507 e. The van der Waals surface area contributed by atoms with Crippen molar-refractivity contribution in [1.29, 1.82) is 0 Å². The normalized spacial score (nSPS) is 42.1. The van der Waals surface area contributed by atoms with Crippen molar-refractivity contribution in [3.05, 3.63) is 28.8 Å². The van der Waals surface area contributed by atoms with Crippen LogP contribution in [0.4, 0.5) is 0 Å². The summed E-state index contributed by atoms with van der Waals surface area (Å²) in [6.07, 6.45) is -25.5. The number of ether oxygens (including phenoxy) is 12. The number of aliphatic hydroxyl groups excluding tert-OH is 7. The number of fused-ring (bicyclic) bond motifs is 2. The fourth-order valence-electron chi connectivity index (χ4n) is 11.7. The van der Waals surface area contributed by atoms with E-state index in [2.05, 4.69) is 0 Å². The molecule has 2 aromatic carbocycles. The molecule has 5 saturated heterocycles. The van der Waals surface area contributed by atoms with E-state index in [1.165, 1.54) is 47.1 Å². The van der Waals surface area contributed by atoms with Gasteiger partial charge in [-0.05, 0) is 84.9 Å². The summed E-state index contributed by atoms with van der Waals surface area (Å²) in [5.41, 5.74) is -1.44. The van der Waals surface area contributed by atoms with Gasteiger partial charge in [-0.25, -0.2) is 0 Å². The zero-order valence-electron chi connectivity index (χ0n) is 44.9. The number of methoxy groups -OCH3 is 2. The predicted octanol–water partition coefficient (Wildman–Crippen LogP) is 0.405. The number of rotatable bonds is 16. The summed E-state index contributed by atoms with van der Waals surface area (Å²) in [6, 6.07) is 3.06. The van der Waals surface area contributed by atoms with E-state index in [0.717, 1.165) is 0 Å². The SMILES string of the molecule is CO[C@H]1[C@H](O)C[C@@H](O[C@@H]2C[C@H](Oc3cc4cc5c(c(O)c4c(O)c3C)C(=O)[C@@H](O[C@H]3C[C@@H](O[C@H]4C[C@@H](O[C@H]6C[C@](C)(O)[C@@H](O)[C@H](C)O6)[C@@H](O)[C@@H](C)O4)[C@H](O)[C@@H](C)O3)[C@H]([C@H](OC)C(=O)[C@H](O)[C@@H](C)O)C5)O[C@H](C)[C@@H]2O)O[C@H]1C. The van der Waals surface area contributed by atoms with Crippen LogP contribution >= 0.6 is 0 Å². The van der Waals surface area contributed by atoms with Gasteiger partial charge in [0.25, 0.3) is 0 Å². The van der Waals surface area contributed by atoms with Gasteiger partial charge in [0.05, 0.1) is 77.6 Å². The maximum Gasteiger partial charge on any atom is 0.202 e. The Morgan fingerprint density at radius 3 is 1.74 bits per heavy atom. The van der Waals surface area contributed by atoms with Gasteiger partial charge in [0, 0.05) is 57.8 Å². The van der Waals surface area contributed by atoms with E-state index in [4.69, 9.17) is 56.8 Å². The van der Waals surface area contributed by atoms with E-state index in [1.54, 1.807) is 34.6 Å². The molecule has 5 fully saturated rings. The molecule has 5 heterocycles. The monoisotopic (exact) mass is 1100 g/mol. The molecule has 0 saturated carbocycles. The fourth-order valence-corrected chi connectivity index (χ4v) is 11.7. The minimum absolute atomic E-state index is 0.00357. The molecule has 1 aliphatic carbocycles. The van der Waals surface area contributed by atoms with Crippen LogP contribution in [0.5, 0.6) is 17.2 Å². The molecule has 0 unspecified atom stereocenters. The molecule has 2 aromatic rings. The first-order valence-corrected chi connectivity index (χ1v) is 26.4. The second-order valence-corrected chi connectivity index (χ2v) is 21.9. The highest BCUT2D eigenvalue weighted by Gasteiger charge is 2.51. The van der Waals surface area contributed by atoms with Crippen LogP contribution < -0.4 is 4.74 Å². The van der Waals surface area contributed by atoms with Gasteiger partial charge in [-0.1, -0.05) is 0 Å². The third-order valence-electron chi connectivity index (χ3n) is 16.1. The molecule has 24 heteroatoms. The van der Waals surface area contributed by atoms with Crippen LogP contribution in [0.1, 0.15) is 102 Å². The first kappa shape index (κ1) is 59.8. The summed E-state index contributed by atoms with van der Waals surface area (Å²) < 4.78 is 72.3. The summed E-state index contributed by atoms with van der Waals surface area (Å²) in [7, 11) is 2.66. The van der Waals surface area contributed by atoms with E-state index in [0.29, 0.717) is 0 Å². The number of aromatic hydroxyl groups is 2. The smallest absolute Gasteiger partial charge is 0.202 e. The van der Waals surface area contributed by atoms with Crippen LogP contribution in [0.3, 0.4) is 0 Å². The lowest BCUT2D eigenvalue weighted by atomic mass is 9.75. The highest BCUT2D eigenvalue weighted by atomic mass is 16.7. The molecule has 24 nitrogen and oxygen atoms in total. The van der Waals surface area contributed by atoms with Crippen molar-refractivity contribution in [3.8, 4) is 17.2 Å². The van der Waals surface area contributed by atoms with Crippen LogP contribution in [0.15, 0.2) is 12.1 Å². The maximum absolute atomic E-state index is 15.0. The van der Waals surface area contributed by atoms with E-state index in [1.807, 2.05) is 0 Å². The van der Waals surface area contributed by atoms with E-state index >= 15 is 4.79 Å². The van der Waals surface area contributed by atoms with Crippen molar-refractivity contribution in [2.75, 3.05) is 14.2 Å². The first-order valence-electron chi connectivity index (χ1n) is 26.4. The summed E-state index contributed by atoms with van der Waals surface area (Å²) in [4.78, 5) is 29.0. The summed E-state index contributed by atoms with van der Waals surface area (Å²) >= 11 is 0. The number of ketones is 2. The molecule has 434 valence electrons. The van der Waals surface area contributed by atoms with Gasteiger partial charge >= 0.3 is 0 Å². The van der Waals surface area contributed by atoms with Crippen LogP contribution in [0, 0.1) is 12.8 Å². The van der Waals surface area contributed by atoms with Gasteiger partial charge in [0.2, 0.25) is 6.29 Å². The molecule has 0 amide bonds. The molecule has 10 N–H and O–H groups in total. The highest BCUT2D eigenvalue weighted by Crippen LogP contribution is 2.48. The lowest BCUT2D eigenvalue weighted by Gasteiger charge is -2.46. The van der Waals surface area contributed by atoms with Crippen molar-refractivity contribution in [3.63, 3.8) is 0 Å². The number of aliphatic hydroxyl groups is 8. The topological polar surface area (TPSA) is 347 Å². The molecule has 25 atom stereocenters. The number of phenols is 2. The molecule has 0 bridgehead atoms. The van der Waals surface area contributed by atoms with Gasteiger partial charge in [-0.15, -0.1) is 0 Å². The van der Waals surface area contributed by atoms with Crippen LogP contribution in [-0.4, -0.2) is 224 Å². The maximum atomic E-state index is 15.0. The van der Waals surface area contributed by atoms with E-state index in [9.17, 15) is 55.9 Å². The Hall–Kier alpha value is -3.32. The third-order valence-corrected chi connectivity index (χ3v) is 16.1. The summed E-state index contributed by atoms with van der Waals surface area (Å²) in [5.74, 6) is -4.01. The van der Waals surface area contributed by atoms with Crippen molar-refractivity contribution in [2.45, 2.75) is 241 Å². The molecule has 77 heavy (non-hydrogen) atoms. The molecule has 0 aromatic heterocycles. The number of phenolic OH excluding ortho intramolecular Hbond substituents is 2. The van der Waals surface area contributed by atoms with E-state index < -0.39 is 176 Å². The largest absolute Gasteiger partial charge is 0.507 e. The molecule has 8 rings (SSSR count). The van der Waals surface area contributed by atoms with Gasteiger partial charge in [-0.2, -0.15) is 0 Å². The first-order chi connectivity index (χ1) is 36.2. The molecule has 6 aliphatic rings. The number of Topliss-reactive ketones (excluding diaryl/α,β-unsaturated/α-hetero) is 2. The van der Waals surface area contributed by atoms with Crippen LogP contribution in [0.25, 0.3) is 10.8 Å². The minimum atomic E-state index is -1.94. The van der Waals surface area contributed by atoms with Crippen molar-refractivity contribution in [1.82, 2.24) is 0 Å². The third kappa shape index (κ3) is 12.3. The average Bonchev–Trinajstić information content (AvgIpc) is 3.36. The number of hydrogen-bond donors (Lipinski definition) is 10. The zero-order chi connectivity index (χ0) is 56.3. The van der Waals surface area contributed by atoms with Crippen molar-refractivity contribution in [2.24, 2.45) is 5.92 Å². The number of benzene rings is 2. The number of carbonyl (C=O) groups excluding carboxylic acids is 2.